The zero-order chi connectivity index (χ0) is 14.2. The van der Waals surface area contributed by atoms with Gasteiger partial charge in [0.2, 0.25) is 0 Å². The van der Waals surface area contributed by atoms with Gasteiger partial charge in [0.15, 0.2) is 0 Å². The molecule has 0 aliphatic carbocycles. The van der Waals surface area contributed by atoms with Gasteiger partial charge in [0.1, 0.15) is 0 Å². The van der Waals surface area contributed by atoms with Gasteiger partial charge < -0.3 is 10.1 Å². The van der Waals surface area contributed by atoms with Crippen molar-refractivity contribution in [3.63, 3.8) is 0 Å². The molecule has 1 aromatic carbocycles. The first-order valence-corrected chi connectivity index (χ1v) is 7.42. The Balaban J connectivity index is 2.31. The number of halogens is 1. The van der Waals surface area contributed by atoms with E-state index in [0.717, 1.165) is 10.6 Å². The number of aryl methyl sites for hydroxylation is 1. The summed E-state index contributed by atoms with van der Waals surface area (Å²) >= 11 is 6.26. The van der Waals surface area contributed by atoms with E-state index in [9.17, 15) is 0 Å². The fourth-order valence-corrected chi connectivity index (χ4v) is 3.44. The van der Waals surface area contributed by atoms with Gasteiger partial charge in [-0.25, -0.2) is 0 Å². The summed E-state index contributed by atoms with van der Waals surface area (Å²) in [6.07, 6.45) is 0.583. The van der Waals surface area contributed by atoms with E-state index in [4.69, 9.17) is 16.3 Å². The summed E-state index contributed by atoms with van der Waals surface area (Å²) < 4.78 is 5.97. The van der Waals surface area contributed by atoms with Crippen LogP contribution in [0.25, 0.3) is 0 Å². The maximum atomic E-state index is 6.26. The van der Waals surface area contributed by atoms with Crippen molar-refractivity contribution in [2.24, 2.45) is 11.8 Å². The standard InChI is InChI=1S/C16H24ClNO/c1-9-6-7-13(8-14(9)17)16(18-5)15-10(2)11(3)19-12(15)4/h6-8,10-12,15-16,18H,1-5H3. The Bertz CT molecular complexity index is 448. The molecule has 1 aliphatic heterocycles. The minimum absolute atomic E-state index is 0.266. The molecule has 1 fully saturated rings. The van der Waals surface area contributed by atoms with Crippen LogP contribution < -0.4 is 5.32 Å². The third kappa shape index (κ3) is 2.81. The first kappa shape index (κ1) is 14.8. The summed E-state index contributed by atoms with van der Waals surface area (Å²) in [6.45, 7) is 8.65. The molecule has 0 bridgehead atoms. The second-order valence-electron chi connectivity index (χ2n) is 5.76. The van der Waals surface area contributed by atoms with Crippen molar-refractivity contribution in [3.05, 3.63) is 34.3 Å². The van der Waals surface area contributed by atoms with Crippen LogP contribution in [0.3, 0.4) is 0 Å². The molecule has 0 radical (unpaired) electrons. The lowest BCUT2D eigenvalue weighted by Crippen LogP contribution is -2.33. The molecule has 1 aromatic rings. The van der Waals surface area contributed by atoms with Crippen LogP contribution in [-0.4, -0.2) is 19.3 Å². The third-order valence-corrected chi connectivity index (χ3v) is 4.98. The van der Waals surface area contributed by atoms with E-state index in [2.05, 4.69) is 44.3 Å². The highest BCUT2D eigenvalue weighted by Gasteiger charge is 2.41. The van der Waals surface area contributed by atoms with Crippen LogP contribution in [0.4, 0.5) is 0 Å². The van der Waals surface area contributed by atoms with Crippen LogP contribution in [-0.2, 0) is 4.74 Å². The topological polar surface area (TPSA) is 21.3 Å². The summed E-state index contributed by atoms with van der Waals surface area (Å²) in [6, 6.07) is 6.63. The van der Waals surface area contributed by atoms with Crippen LogP contribution in [0.5, 0.6) is 0 Å². The smallest absolute Gasteiger partial charge is 0.0600 e. The number of benzene rings is 1. The SMILES string of the molecule is CNC(c1ccc(C)c(Cl)c1)C1C(C)OC(C)C1C. The summed E-state index contributed by atoms with van der Waals surface area (Å²) in [7, 11) is 2.01. The molecule has 2 rings (SSSR count). The highest BCUT2D eigenvalue weighted by Crippen LogP contribution is 2.40. The first-order valence-electron chi connectivity index (χ1n) is 7.04. The fourth-order valence-electron chi connectivity index (χ4n) is 3.25. The summed E-state index contributed by atoms with van der Waals surface area (Å²) in [4.78, 5) is 0. The molecule has 3 heteroatoms. The monoisotopic (exact) mass is 281 g/mol. The predicted molar refractivity (Wildman–Crippen MR) is 80.7 cm³/mol. The average Bonchev–Trinajstić information content (AvgIpc) is 2.61. The highest BCUT2D eigenvalue weighted by molar-refractivity contribution is 6.31. The maximum Gasteiger partial charge on any atom is 0.0600 e. The van der Waals surface area contributed by atoms with Gasteiger partial charge in [-0.3, -0.25) is 0 Å². The average molecular weight is 282 g/mol. The Hall–Kier alpha value is -0.570. The van der Waals surface area contributed by atoms with Gasteiger partial charge >= 0.3 is 0 Å². The van der Waals surface area contributed by atoms with Gasteiger partial charge in [-0.05, 0) is 50.9 Å². The lowest BCUT2D eigenvalue weighted by atomic mass is 9.80. The van der Waals surface area contributed by atoms with Gasteiger partial charge in [0.25, 0.3) is 0 Å². The molecule has 0 aromatic heterocycles. The van der Waals surface area contributed by atoms with E-state index >= 15 is 0 Å². The van der Waals surface area contributed by atoms with Crippen molar-refractivity contribution in [1.82, 2.24) is 5.32 Å². The molecule has 1 heterocycles. The maximum absolute atomic E-state index is 6.26. The quantitative estimate of drug-likeness (QED) is 0.905. The Labute approximate surface area is 121 Å². The van der Waals surface area contributed by atoms with Crippen molar-refractivity contribution in [1.29, 1.82) is 0 Å². The molecule has 5 unspecified atom stereocenters. The van der Waals surface area contributed by atoms with Gasteiger partial charge in [0, 0.05) is 17.0 Å². The van der Waals surface area contributed by atoms with Crippen LogP contribution in [0.1, 0.15) is 37.9 Å². The van der Waals surface area contributed by atoms with Crippen molar-refractivity contribution >= 4 is 11.6 Å². The van der Waals surface area contributed by atoms with Gasteiger partial charge in [0.05, 0.1) is 12.2 Å². The Morgan fingerprint density at radius 2 is 1.89 bits per heavy atom. The molecule has 5 atom stereocenters. The Kier molecular flexibility index (Phi) is 4.54. The molecule has 0 spiro atoms. The van der Waals surface area contributed by atoms with E-state index in [0.29, 0.717) is 17.9 Å². The molecule has 106 valence electrons. The summed E-state index contributed by atoms with van der Waals surface area (Å²) in [5, 5.41) is 4.29. The fraction of sp³-hybridized carbons (Fsp3) is 0.625. The van der Waals surface area contributed by atoms with Crippen LogP contribution in [0.15, 0.2) is 18.2 Å². The number of rotatable bonds is 3. The molecule has 19 heavy (non-hydrogen) atoms. The van der Waals surface area contributed by atoms with Crippen molar-refractivity contribution in [3.8, 4) is 0 Å². The lowest BCUT2D eigenvalue weighted by molar-refractivity contribution is 0.0478. The van der Waals surface area contributed by atoms with Crippen LogP contribution in [0.2, 0.25) is 5.02 Å². The van der Waals surface area contributed by atoms with E-state index in [1.807, 2.05) is 14.0 Å². The number of ether oxygens (including phenoxy) is 1. The second kappa shape index (κ2) is 5.82. The van der Waals surface area contributed by atoms with Crippen LogP contribution >= 0.6 is 11.6 Å². The summed E-state index contributed by atoms with van der Waals surface area (Å²) in [5.74, 6) is 1.01. The Morgan fingerprint density at radius 1 is 1.21 bits per heavy atom. The molecule has 0 amide bonds. The minimum atomic E-state index is 0.266. The number of hydrogen-bond donors (Lipinski definition) is 1. The molecule has 1 N–H and O–H groups in total. The molecule has 1 aliphatic rings. The number of nitrogens with one attached hydrogen (secondary N) is 1. The summed E-state index contributed by atoms with van der Waals surface area (Å²) in [5.41, 5.74) is 2.37. The van der Waals surface area contributed by atoms with Crippen molar-refractivity contribution in [2.45, 2.75) is 45.9 Å². The largest absolute Gasteiger partial charge is 0.375 e. The lowest BCUT2D eigenvalue weighted by Gasteiger charge is -2.29. The predicted octanol–water partition coefficient (Wildman–Crippen LogP) is 3.97. The van der Waals surface area contributed by atoms with Crippen molar-refractivity contribution in [2.75, 3.05) is 7.05 Å². The molecular formula is C16H24ClNO. The zero-order valence-electron chi connectivity index (χ0n) is 12.4. The van der Waals surface area contributed by atoms with E-state index in [1.54, 1.807) is 0 Å². The van der Waals surface area contributed by atoms with Gasteiger partial charge in [-0.15, -0.1) is 0 Å². The number of hydrogen-bond acceptors (Lipinski definition) is 2. The van der Waals surface area contributed by atoms with Crippen molar-refractivity contribution < 1.29 is 4.74 Å². The van der Waals surface area contributed by atoms with E-state index in [1.165, 1.54) is 5.56 Å². The zero-order valence-corrected chi connectivity index (χ0v) is 13.2. The molecule has 1 saturated heterocycles. The normalized spacial score (nSPS) is 32.5. The Morgan fingerprint density at radius 3 is 2.37 bits per heavy atom. The molecule has 2 nitrogen and oxygen atoms in total. The third-order valence-electron chi connectivity index (χ3n) is 4.57. The molecular weight excluding hydrogens is 258 g/mol. The van der Waals surface area contributed by atoms with E-state index < -0.39 is 0 Å². The van der Waals surface area contributed by atoms with Crippen LogP contribution in [0, 0.1) is 18.8 Å². The van der Waals surface area contributed by atoms with E-state index in [-0.39, 0.29) is 12.1 Å². The second-order valence-corrected chi connectivity index (χ2v) is 6.16. The molecule has 0 saturated carbocycles. The van der Waals surface area contributed by atoms with Gasteiger partial charge in [-0.1, -0.05) is 30.7 Å². The minimum Gasteiger partial charge on any atom is -0.375 e. The first-order chi connectivity index (χ1) is 8.95. The van der Waals surface area contributed by atoms with Gasteiger partial charge in [-0.2, -0.15) is 0 Å². The highest BCUT2D eigenvalue weighted by atomic mass is 35.5.